The van der Waals surface area contributed by atoms with Gasteiger partial charge in [-0.15, -0.1) is 0 Å². The maximum atomic E-state index is 13.7. The molecule has 1 saturated carbocycles. The fourth-order valence-electron chi connectivity index (χ4n) is 5.52. The number of alkyl halides is 3. The lowest BCUT2D eigenvalue weighted by atomic mass is 9.71. The van der Waals surface area contributed by atoms with Gasteiger partial charge in [-0.3, -0.25) is 0 Å². The molecule has 0 amide bonds. The third-order valence-corrected chi connectivity index (χ3v) is 7.85. The lowest BCUT2D eigenvalue weighted by Crippen LogP contribution is -2.57. The number of fused-ring (bicyclic) bond motifs is 1. The van der Waals surface area contributed by atoms with Crippen molar-refractivity contribution in [1.29, 1.82) is 0 Å². The van der Waals surface area contributed by atoms with Gasteiger partial charge < -0.3 is 15.4 Å². The summed E-state index contributed by atoms with van der Waals surface area (Å²) in [4.78, 5) is 15.9. The molecule has 2 aromatic carbocycles. The summed E-state index contributed by atoms with van der Waals surface area (Å²) >= 11 is 0. The van der Waals surface area contributed by atoms with E-state index in [1.165, 1.54) is 24.9 Å². The zero-order valence-electron chi connectivity index (χ0n) is 21.8. The Labute approximate surface area is 228 Å². The fraction of sp³-hybridized carbons (Fsp3) is 0.379. The van der Waals surface area contributed by atoms with Gasteiger partial charge in [0.25, 0.3) is 0 Å². The second-order valence-corrected chi connectivity index (χ2v) is 10.6. The van der Waals surface area contributed by atoms with Gasteiger partial charge in [-0.05, 0) is 74.5 Å². The summed E-state index contributed by atoms with van der Waals surface area (Å²) in [6.07, 6.45) is 4.43. The topological polar surface area (TPSA) is 84.9 Å². The van der Waals surface area contributed by atoms with E-state index in [2.05, 4.69) is 30.6 Å². The summed E-state index contributed by atoms with van der Waals surface area (Å²) < 4.78 is 59.1. The van der Waals surface area contributed by atoms with Crippen molar-refractivity contribution in [3.8, 4) is 16.9 Å². The Hall–Kier alpha value is -3.86. The molecule has 208 valence electrons. The molecular weight excluding hydrogens is 524 g/mol. The molecule has 1 spiro atoms. The van der Waals surface area contributed by atoms with Gasteiger partial charge in [0.2, 0.25) is 5.82 Å². The van der Waals surface area contributed by atoms with E-state index >= 15 is 0 Å². The Bertz CT molecular complexity index is 1510. The number of hydrogen-bond donors (Lipinski definition) is 2. The quantitative estimate of drug-likeness (QED) is 0.265. The van der Waals surface area contributed by atoms with Gasteiger partial charge in [-0.25, -0.2) is 24.3 Å². The van der Waals surface area contributed by atoms with E-state index in [1.807, 2.05) is 12.1 Å². The SMILES string of the molecule is C[C@@H](Nc1ncnc2c(OC3CCNC4(CCC4)C3)cc(-c3ccc(F)cc3)cc12)c1cnc(C(F)(F)F)nc1. The first-order valence-electron chi connectivity index (χ1n) is 13.3. The van der Waals surface area contributed by atoms with Crippen molar-refractivity contribution in [2.45, 2.75) is 62.9 Å². The van der Waals surface area contributed by atoms with Crippen molar-refractivity contribution in [2.75, 3.05) is 11.9 Å². The number of nitrogens with one attached hydrogen (secondary N) is 2. The number of benzene rings is 2. The molecule has 2 fully saturated rings. The number of nitrogens with zero attached hydrogens (tertiary/aromatic N) is 4. The standard InChI is InChI=1S/C29H28F4N6O/c1-17(20-14-34-27(35-15-20)29(31,32)33)39-26-23-11-19(18-3-5-21(30)6-4-18)12-24(25(23)36-16-37-26)40-22-7-10-38-28(13-22)8-2-9-28/h3-6,11-12,14-17,22,38H,2,7-10,13H2,1H3,(H,36,37,39)/t17-,22?/m1/s1. The maximum absolute atomic E-state index is 13.7. The molecule has 2 aromatic heterocycles. The highest BCUT2D eigenvalue weighted by Gasteiger charge is 2.42. The van der Waals surface area contributed by atoms with Crippen LogP contribution in [0.5, 0.6) is 5.75 Å². The van der Waals surface area contributed by atoms with Gasteiger partial charge in [-0.2, -0.15) is 13.2 Å². The van der Waals surface area contributed by atoms with Crippen molar-refractivity contribution < 1.29 is 22.3 Å². The number of aromatic nitrogens is 4. The van der Waals surface area contributed by atoms with Crippen LogP contribution in [-0.2, 0) is 6.18 Å². The summed E-state index contributed by atoms with van der Waals surface area (Å²) in [6, 6.07) is 9.59. The first kappa shape index (κ1) is 26.4. The largest absolute Gasteiger partial charge is 0.488 e. The molecule has 0 radical (unpaired) electrons. The van der Waals surface area contributed by atoms with Crippen molar-refractivity contribution >= 4 is 16.7 Å². The average Bonchev–Trinajstić information content (AvgIpc) is 2.92. The maximum Gasteiger partial charge on any atom is 0.451 e. The molecule has 11 heteroatoms. The molecule has 0 bridgehead atoms. The summed E-state index contributed by atoms with van der Waals surface area (Å²) in [5.41, 5.74) is 2.83. The van der Waals surface area contributed by atoms with Crippen LogP contribution in [-0.4, -0.2) is 38.1 Å². The molecule has 2 atom stereocenters. The number of piperidine rings is 1. The number of halogens is 4. The van der Waals surface area contributed by atoms with Gasteiger partial charge >= 0.3 is 6.18 Å². The van der Waals surface area contributed by atoms with E-state index in [0.717, 1.165) is 55.7 Å². The molecule has 40 heavy (non-hydrogen) atoms. The van der Waals surface area contributed by atoms with Gasteiger partial charge in [0.15, 0.2) is 0 Å². The zero-order valence-corrected chi connectivity index (χ0v) is 21.8. The van der Waals surface area contributed by atoms with Crippen molar-refractivity contribution in [3.63, 3.8) is 0 Å². The number of rotatable bonds is 6. The first-order chi connectivity index (χ1) is 19.2. The van der Waals surface area contributed by atoms with E-state index in [9.17, 15) is 17.6 Å². The van der Waals surface area contributed by atoms with E-state index in [0.29, 0.717) is 28.0 Å². The third-order valence-electron chi connectivity index (χ3n) is 7.85. The van der Waals surface area contributed by atoms with Gasteiger partial charge in [0.05, 0.1) is 6.04 Å². The molecule has 2 N–H and O–H groups in total. The molecular formula is C29H28F4N6O. The van der Waals surface area contributed by atoms with Crippen LogP contribution < -0.4 is 15.4 Å². The third kappa shape index (κ3) is 5.30. The van der Waals surface area contributed by atoms with Crippen LogP contribution >= 0.6 is 0 Å². The predicted octanol–water partition coefficient (Wildman–Crippen LogP) is 6.47. The zero-order chi connectivity index (χ0) is 27.9. The smallest absolute Gasteiger partial charge is 0.451 e. The van der Waals surface area contributed by atoms with Crippen molar-refractivity contribution in [1.82, 2.24) is 25.3 Å². The monoisotopic (exact) mass is 552 g/mol. The number of hydrogen-bond acceptors (Lipinski definition) is 7. The van der Waals surface area contributed by atoms with Crippen molar-refractivity contribution in [2.24, 2.45) is 0 Å². The fourth-order valence-corrected chi connectivity index (χ4v) is 5.52. The molecule has 1 aliphatic heterocycles. The first-order valence-corrected chi connectivity index (χ1v) is 13.3. The average molecular weight is 553 g/mol. The van der Waals surface area contributed by atoms with E-state index in [1.54, 1.807) is 19.1 Å². The lowest BCUT2D eigenvalue weighted by molar-refractivity contribution is -0.145. The molecule has 7 nitrogen and oxygen atoms in total. The summed E-state index contributed by atoms with van der Waals surface area (Å²) in [5.74, 6) is -0.441. The van der Waals surface area contributed by atoms with Crippen LogP contribution in [0.4, 0.5) is 23.4 Å². The molecule has 1 unspecified atom stereocenters. The highest BCUT2D eigenvalue weighted by molar-refractivity contribution is 5.96. The highest BCUT2D eigenvalue weighted by Crippen LogP contribution is 2.41. The van der Waals surface area contributed by atoms with E-state index < -0.39 is 18.0 Å². The Balaban J connectivity index is 1.36. The second kappa shape index (κ2) is 10.3. The Morgan fingerprint density at radius 2 is 1.77 bits per heavy atom. The predicted molar refractivity (Wildman–Crippen MR) is 142 cm³/mol. The Kier molecular flexibility index (Phi) is 6.77. The van der Waals surface area contributed by atoms with E-state index in [-0.39, 0.29) is 17.5 Å². The summed E-state index contributed by atoms with van der Waals surface area (Å²) in [5, 5.41) is 7.61. The lowest BCUT2D eigenvalue weighted by Gasteiger charge is -2.48. The Morgan fingerprint density at radius 3 is 2.45 bits per heavy atom. The van der Waals surface area contributed by atoms with Crippen molar-refractivity contribution in [3.05, 3.63) is 72.3 Å². The van der Waals surface area contributed by atoms with Crippen LogP contribution in [0.3, 0.4) is 0 Å². The molecule has 1 aliphatic carbocycles. The van der Waals surface area contributed by atoms with Crippen LogP contribution in [0, 0.1) is 5.82 Å². The normalized spacial score (nSPS) is 19.3. The summed E-state index contributed by atoms with van der Waals surface area (Å²) in [6.45, 7) is 2.67. The molecule has 4 aromatic rings. The summed E-state index contributed by atoms with van der Waals surface area (Å²) in [7, 11) is 0. The van der Waals surface area contributed by atoms with Crippen LogP contribution in [0.25, 0.3) is 22.0 Å². The minimum absolute atomic E-state index is 0.0165. The molecule has 3 heterocycles. The van der Waals surface area contributed by atoms with Gasteiger partial charge in [0.1, 0.15) is 35.3 Å². The minimum atomic E-state index is -4.61. The van der Waals surface area contributed by atoms with E-state index in [4.69, 9.17) is 4.74 Å². The Morgan fingerprint density at radius 1 is 1.02 bits per heavy atom. The minimum Gasteiger partial charge on any atom is -0.488 e. The highest BCUT2D eigenvalue weighted by atomic mass is 19.4. The van der Waals surface area contributed by atoms with Gasteiger partial charge in [-0.1, -0.05) is 12.1 Å². The van der Waals surface area contributed by atoms with Crippen LogP contribution in [0.2, 0.25) is 0 Å². The second-order valence-electron chi connectivity index (χ2n) is 10.6. The van der Waals surface area contributed by atoms with Crippen LogP contribution in [0.1, 0.15) is 56.5 Å². The molecule has 6 rings (SSSR count). The number of ether oxygens (including phenoxy) is 1. The van der Waals surface area contributed by atoms with Crippen LogP contribution in [0.15, 0.2) is 55.1 Å². The molecule has 1 saturated heterocycles. The molecule has 2 aliphatic rings. The number of anilines is 1. The van der Waals surface area contributed by atoms with Gasteiger partial charge in [0, 0.05) is 35.3 Å².